The first-order valence-electron chi connectivity index (χ1n) is 4.47. The number of ether oxygens (including phenoxy) is 1. The van der Waals surface area contributed by atoms with Gasteiger partial charge in [0.25, 0.3) is 5.91 Å². The smallest absolute Gasteiger partial charge is 0.264 e. The van der Waals surface area contributed by atoms with Crippen LogP contribution >= 0.6 is 0 Å². The predicted molar refractivity (Wildman–Crippen MR) is 52.6 cm³/mol. The van der Waals surface area contributed by atoms with Crippen molar-refractivity contribution in [2.75, 3.05) is 18.6 Å². The summed E-state index contributed by atoms with van der Waals surface area (Å²) in [4.78, 5) is 17.2. The zero-order valence-corrected chi connectivity index (χ0v) is 8.50. The fourth-order valence-corrected chi connectivity index (χ4v) is 1.38. The number of aromatic nitrogens is 1. The van der Waals surface area contributed by atoms with Gasteiger partial charge in [-0.2, -0.15) is 0 Å². The zero-order chi connectivity index (χ0) is 10.3. The summed E-state index contributed by atoms with van der Waals surface area (Å²) >= 11 is 0. The predicted octanol–water partition coefficient (Wildman–Crippen LogP) is 1.05. The number of carbonyl (C=O) groups excluding carboxylic acids is 1. The van der Waals surface area contributed by atoms with E-state index in [1.165, 1.54) is 0 Å². The quantitative estimate of drug-likeness (QED) is 0.617. The summed E-state index contributed by atoms with van der Waals surface area (Å²) in [6.45, 7) is 3.98. The third-order valence-corrected chi connectivity index (χ3v) is 2.48. The van der Waals surface area contributed by atoms with E-state index < -0.39 is 0 Å². The Balaban J connectivity index is 2.55. The molecule has 0 aliphatic carbocycles. The van der Waals surface area contributed by atoms with Crippen molar-refractivity contribution in [2.24, 2.45) is 0 Å². The number of aryl methyl sites for hydroxylation is 2. The van der Waals surface area contributed by atoms with Crippen molar-refractivity contribution in [3.63, 3.8) is 0 Å². The molecule has 0 atom stereocenters. The summed E-state index contributed by atoms with van der Waals surface area (Å²) in [7, 11) is 1.74. The molecule has 14 heavy (non-hydrogen) atoms. The lowest BCUT2D eigenvalue weighted by Gasteiger charge is -2.25. The summed E-state index contributed by atoms with van der Waals surface area (Å²) in [5.74, 6) is 0.512. The molecule has 74 valence electrons. The number of rotatable bonds is 0. The largest absolute Gasteiger partial charge is 0.466 e. The SMILES string of the molecule is Cc1cc2c(nc1C)OCC(=O)N2C. The molecular formula is C10H12N2O2. The second-order valence-corrected chi connectivity index (χ2v) is 3.46. The maximum absolute atomic E-state index is 11.3. The standard InChI is InChI=1S/C10H12N2O2/c1-6-4-8-10(11-7(6)2)14-5-9(13)12(8)3/h4H,5H2,1-3H3. The maximum Gasteiger partial charge on any atom is 0.264 e. The molecule has 1 aliphatic heterocycles. The molecule has 0 saturated heterocycles. The first kappa shape index (κ1) is 8.99. The van der Waals surface area contributed by atoms with Crippen LogP contribution in [-0.2, 0) is 4.79 Å². The van der Waals surface area contributed by atoms with Crippen LogP contribution in [0.15, 0.2) is 6.07 Å². The molecule has 0 saturated carbocycles. The lowest BCUT2D eigenvalue weighted by Crippen LogP contribution is -2.36. The van der Waals surface area contributed by atoms with Gasteiger partial charge in [0.1, 0.15) is 5.69 Å². The third kappa shape index (κ3) is 1.23. The van der Waals surface area contributed by atoms with Gasteiger partial charge in [-0.1, -0.05) is 0 Å². The number of fused-ring (bicyclic) bond motifs is 1. The summed E-state index contributed by atoms with van der Waals surface area (Å²) in [5, 5.41) is 0. The van der Waals surface area contributed by atoms with Crippen molar-refractivity contribution in [3.8, 4) is 5.88 Å². The van der Waals surface area contributed by atoms with Gasteiger partial charge in [-0.05, 0) is 25.5 Å². The van der Waals surface area contributed by atoms with Gasteiger partial charge in [0.15, 0.2) is 6.61 Å². The number of amides is 1. The molecular weight excluding hydrogens is 180 g/mol. The van der Waals surface area contributed by atoms with Crippen LogP contribution in [0.1, 0.15) is 11.3 Å². The highest BCUT2D eigenvalue weighted by Gasteiger charge is 2.23. The lowest BCUT2D eigenvalue weighted by atomic mass is 10.2. The van der Waals surface area contributed by atoms with Gasteiger partial charge in [-0.15, -0.1) is 0 Å². The Kier molecular flexibility index (Phi) is 1.91. The van der Waals surface area contributed by atoms with Crippen molar-refractivity contribution in [3.05, 3.63) is 17.3 Å². The average molecular weight is 192 g/mol. The van der Waals surface area contributed by atoms with Gasteiger partial charge in [0, 0.05) is 12.7 Å². The second kappa shape index (κ2) is 2.97. The Hall–Kier alpha value is -1.58. The molecule has 2 rings (SSSR count). The number of nitrogens with zero attached hydrogens (tertiary/aromatic N) is 2. The topological polar surface area (TPSA) is 42.4 Å². The minimum Gasteiger partial charge on any atom is -0.466 e. The van der Waals surface area contributed by atoms with E-state index in [1.807, 2.05) is 19.9 Å². The van der Waals surface area contributed by atoms with Gasteiger partial charge in [-0.25, -0.2) is 4.98 Å². The van der Waals surface area contributed by atoms with E-state index in [-0.39, 0.29) is 12.5 Å². The Morgan fingerprint density at radius 2 is 2.21 bits per heavy atom. The summed E-state index contributed by atoms with van der Waals surface area (Å²) < 4.78 is 5.24. The van der Waals surface area contributed by atoms with Crippen LogP contribution in [0.4, 0.5) is 5.69 Å². The maximum atomic E-state index is 11.3. The molecule has 4 heteroatoms. The van der Waals surface area contributed by atoms with E-state index in [0.29, 0.717) is 5.88 Å². The van der Waals surface area contributed by atoms with E-state index in [4.69, 9.17) is 4.74 Å². The average Bonchev–Trinajstić information content (AvgIpc) is 2.15. The van der Waals surface area contributed by atoms with Crippen LogP contribution in [0.25, 0.3) is 0 Å². The van der Waals surface area contributed by atoms with Gasteiger partial charge in [0.05, 0.1) is 0 Å². The molecule has 0 N–H and O–H groups in total. The lowest BCUT2D eigenvalue weighted by molar-refractivity contribution is -0.121. The minimum absolute atomic E-state index is 0.0393. The highest BCUT2D eigenvalue weighted by Crippen LogP contribution is 2.30. The molecule has 1 aromatic rings. The Morgan fingerprint density at radius 1 is 1.50 bits per heavy atom. The van der Waals surface area contributed by atoms with Crippen molar-refractivity contribution in [1.82, 2.24) is 4.98 Å². The van der Waals surface area contributed by atoms with E-state index in [0.717, 1.165) is 16.9 Å². The Labute approximate surface area is 82.5 Å². The van der Waals surface area contributed by atoms with Gasteiger partial charge in [0.2, 0.25) is 5.88 Å². The molecule has 0 fully saturated rings. The van der Waals surface area contributed by atoms with Crippen LogP contribution in [0, 0.1) is 13.8 Å². The van der Waals surface area contributed by atoms with Crippen molar-refractivity contribution in [2.45, 2.75) is 13.8 Å². The molecule has 1 amide bonds. The number of carbonyl (C=O) groups is 1. The van der Waals surface area contributed by atoms with Crippen LogP contribution in [-0.4, -0.2) is 24.5 Å². The van der Waals surface area contributed by atoms with Crippen LogP contribution < -0.4 is 9.64 Å². The molecule has 1 aromatic heterocycles. The third-order valence-electron chi connectivity index (χ3n) is 2.48. The fourth-order valence-electron chi connectivity index (χ4n) is 1.38. The molecule has 0 radical (unpaired) electrons. The fraction of sp³-hybridized carbons (Fsp3) is 0.400. The summed E-state index contributed by atoms with van der Waals surface area (Å²) in [6.07, 6.45) is 0. The van der Waals surface area contributed by atoms with Crippen LogP contribution in [0.5, 0.6) is 5.88 Å². The van der Waals surface area contributed by atoms with E-state index in [9.17, 15) is 4.79 Å². The van der Waals surface area contributed by atoms with Crippen molar-refractivity contribution < 1.29 is 9.53 Å². The second-order valence-electron chi connectivity index (χ2n) is 3.46. The molecule has 0 aromatic carbocycles. The van der Waals surface area contributed by atoms with Gasteiger partial charge >= 0.3 is 0 Å². The zero-order valence-electron chi connectivity index (χ0n) is 8.50. The Morgan fingerprint density at radius 3 is 2.93 bits per heavy atom. The summed E-state index contributed by atoms with van der Waals surface area (Å²) in [6, 6.07) is 1.93. The summed E-state index contributed by atoms with van der Waals surface area (Å²) in [5.41, 5.74) is 2.75. The Bertz CT molecular complexity index is 401. The normalized spacial score (nSPS) is 15.1. The molecule has 4 nitrogen and oxygen atoms in total. The first-order chi connectivity index (χ1) is 6.59. The highest BCUT2D eigenvalue weighted by atomic mass is 16.5. The molecule has 0 spiro atoms. The molecule has 0 unspecified atom stereocenters. The highest BCUT2D eigenvalue weighted by molar-refractivity contribution is 5.96. The number of hydrogen-bond donors (Lipinski definition) is 0. The van der Waals surface area contributed by atoms with E-state index >= 15 is 0 Å². The van der Waals surface area contributed by atoms with Gasteiger partial charge in [-0.3, -0.25) is 4.79 Å². The monoisotopic (exact) mass is 192 g/mol. The van der Waals surface area contributed by atoms with Crippen molar-refractivity contribution >= 4 is 11.6 Å². The number of anilines is 1. The molecule has 0 bridgehead atoms. The van der Waals surface area contributed by atoms with Crippen LogP contribution in [0.2, 0.25) is 0 Å². The molecule has 1 aliphatic rings. The van der Waals surface area contributed by atoms with E-state index in [2.05, 4.69) is 4.98 Å². The number of pyridine rings is 1. The molecule has 2 heterocycles. The minimum atomic E-state index is -0.0393. The number of hydrogen-bond acceptors (Lipinski definition) is 3. The van der Waals surface area contributed by atoms with Crippen LogP contribution in [0.3, 0.4) is 0 Å². The first-order valence-corrected chi connectivity index (χ1v) is 4.47. The van der Waals surface area contributed by atoms with Gasteiger partial charge < -0.3 is 9.64 Å². The van der Waals surface area contributed by atoms with Crippen molar-refractivity contribution in [1.29, 1.82) is 0 Å². The van der Waals surface area contributed by atoms with E-state index in [1.54, 1.807) is 11.9 Å². The number of likely N-dealkylation sites (N-methyl/N-ethyl adjacent to an activating group) is 1.